The number of rotatable bonds is 7. The summed E-state index contributed by atoms with van der Waals surface area (Å²) in [4.78, 5) is 0.390. The van der Waals surface area contributed by atoms with Gasteiger partial charge < -0.3 is 14.6 Å². The van der Waals surface area contributed by atoms with Gasteiger partial charge in [-0.2, -0.15) is 0 Å². The summed E-state index contributed by atoms with van der Waals surface area (Å²) >= 11 is -2.04. The molecule has 0 aliphatic heterocycles. The lowest BCUT2D eigenvalue weighted by Crippen LogP contribution is -2.14. The van der Waals surface area contributed by atoms with Gasteiger partial charge in [0.05, 0.1) is 4.90 Å². The van der Waals surface area contributed by atoms with Gasteiger partial charge in [-0.25, -0.2) is 4.21 Å². The lowest BCUT2D eigenvalue weighted by Gasteiger charge is -2.12. The lowest BCUT2D eigenvalue weighted by atomic mass is 10.2. The molecule has 0 aliphatic rings. The van der Waals surface area contributed by atoms with Crippen molar-refractivity contribution in [3.8, 4) is 11.5 Å². The van der Waals surface area contributed by atoms with Crippen molar-refractivity contribution in [2.75, 3.05) is 0 Å². The first-order chi connectivity index (χ1) is 12.2. The SMILES string of the molecule is O=S(O)c1ccc(Oc2ccccc2)cc1CNCc1ccccc1. The molecule has 0 saturated carbocycles. The molecule has 3 aromatic rings. The Bertz CT molecular complexity index is 838. The number of hydrogen-bond donors (Lipinski definition) is 2. The summed E-state index contributed by atoms with van der Waals surface area (Å²) in [5.74, 6) is 1.36. The highest BCUT2D eigenvalue weighted by atomic mass is 32.2. The molecule has 0 aromatic heterocycles. The van der Waals surface area contributed by atoms with E-state index < -0.39 is 11.1 Å². The highest BCUT2D eigenvalue weighted by Crippen LogP contribution is 2.25. The van der Waals surface area contributed by atoms with Crippen molar-refractivity contribution >= 4 is 11.1 Å². The third-order valence-corrected chi connectivity index (χ3v) is 4.46. The fraction of sp³-hybridized carbons (Fsp3) is 0.100. The smallest absolute Gasteiger partial charge is 0.186 e. The van der Waals surface area contributed by atoms with E-state index in [-0.39, 0.29) is 0 Å². The molecule has 5 heteroatoms. The van der Waals surface area contributed by atoms with E-state index in [1.807, 2.05) is 60.7 Å². The molecule has 0 aliphatic carbocycles. The molecule has 0 fully saturated rings. The molecular formula is C20H19NO3S. The van der Waals surface area contributed by atoms with Gasteiger partial charge in [0.15, 0.2) is 11.1 Å². The maximum Gasteiger partial charge on any atom is 0.186 e. The van der Waals surface area contributed by atoms with E-state index in [0.29, 0.717) is 23.7 Å². The number of para-hydroxylation sites is 1. The van der Waals surface area contributed by atoms with E-state index in [0.717, 1.165) is 16.9 Å². The third-order valence-electron chi connectivity index (χ3n) is 3.69. The predicted octanol–water partition coefficient (Wildman–Crippen LogP) is 4.35. The van der Waals surface area contributed by atoms with Crippen LogP contribution in [0.15, 0.2) is 83.8 Å². The fourth-order valence-electron chi connectivity index (χ4n) is 2.49. The van der Waals surface area contributed by atoms with Gasteiger partial charge >= 0.3 is 0 Å². The van der Waals surface area contributed by atoms with Gasteiger partial charge in [-0.1, -0.05) is 48.5 Å². The monoisotopic (exact) mass is 353 g/mol. The van der Waals surface area contributed by atoms with Crippen molar-refractivity contribution in [3.05, 3.63) is 90.0 Å². The largest absolute Gasteiger partial charge is 0.457 e. The van der Waals surface area contributed by atoms with Crippen LogP contribution in [0, 0.1) is 0 Å². The molecule has 3 rings (SSSR count). The summed E-state index contributed by atoms with van der Waals surface area (Å²) in [7, 11) is 0. The lowest BCUT2D eigenvalue weighted by molar-refractivity contribution is 0.480. The summed E-state index contributed by atoms with van der Waals surface area (Å²) in [5, 5.41) is 3.30. The van der Waals surface area contributed by atoms with Crippen LogP contribution in [0.3, 0.4) is 0 Å². The first-order valence-corrected chi connectivity index (χ1v) is 9.04. The molecule has 1 unspecified atom stereocenters. The van der Waals surface area contributed by atoms with E-state index >= 15 is 0 Å². The van der Waals surface area contributed by atoms with Crippen LogP contribution in [0.5, 0.6) is 11.5 Å². The zero-order valence-corrected chi connectivity index (χ0v) is 14.4. The Morgan fingerprint density at radius 2 is 1.52 bits per heavy atom. The number of nitrogens with one attached hydrogen (secondary N) is 1. The molecule has 0 amide bonds. The van der Waals surface area contributed by atoms with Crippen molar-refractivity contribution in [1.29, 1.82) is 0 Å². The van der Waals surface area contributed by atoms with E-state index in [1.165, 1.54) is 0 Å². The maximum absolute atomic E-state index is 11.6. The molecule has 4 nitrogen and oxygen atoms in total. The number of ether oxygens (including phenoxy) is 1. The first kappa shape index (κ1) is 17.4. The Labute approximate surface area is 149 Å². The van der Waals surface area contributed by atoms with Crippen molar-refractivity contribution < 1.29 is 13.5 Å². The molecule has 0 radical (unpaired) electrons. The second-order valence-corrected chi connectivity index (χ2v) is 6.46. The summed E-state index contributed by atoms with van der Waals surface area (Å²) in [6.45, 7) is 1.16. The zero-order valence-electron chi connectivity index (χ0n) is 13.6. The van der Waals surface area contributed by atoms with Crippen LogP contribution in [0.4, 0.5) is 0 Å². The quantitative estimate of drug-likeness (QED) is 0.620. The topological polar surface area (TPSA) is 58.6 Å². The van der Waals surface area contributed by atoms with Crippen LogP contribution in [0.2, 0.25) is 0 Å². The van der Waals surface area contributed by atoms with Gasteiger partial charge in [0.2, 0.25) is 0 Å². The summed E-state index contributed by atoms with van der Waals surface area (Å²) < 4.78 is 26.9. The van der Waals surface area contributed by atoms with E-state index in [4.69, 9.17) is 4.74 Å². The van der Waals surface area contributed by atoms with E-state index in [1.54, 1.807) is 18.2 Å². The standard InChI is InChI=1S/C20H19NO3S/c22-25(23)20-12-11-19(24-18-9-5-2-6-10-18)13-17(20)15-21-14-16-7-3-1-4-8-16/h1-13,21H,14-15H2,(H,22,23). The van der Waals surface area contributed by atoms with Gasteiger partial charge in [0, 0.05) is 13.1 Å². The van der Waals surface area contributed by atoms with Crippen LogP contribution in [0.25, 0.3) is 0 Å². The van der Waals surface area contributed by atoms with E-state index in [2.05, 4.69) is 5.32 Å². The van der Waals surface area contributed by atoms with Gasteiger partial charge in [-0.05, 0) is 41.5 Å². The number of benzene rings is 3. The highest BCUT2D eigenvalue weighted by Gasteiger charge is 2.10. The molecule has 1 atom stereocenters. The molecule has 0 saturated heterocycles. The molecule has 0 heterocycles. The molecule has 0 bridgehead atoms. The third kappa shape index (κ3) is 5.00. The first-order valence-electron chi connectivity index (χ1n) is 7.94. The van der Waals surface area contributed by atoms with Crippen molar-refractivity contribution in [3.63, 3.8) is 0 Å². The second kappa shape index (κ2) is 8.58. The Morgan fingerprint density at radius 3 is 2.20 bits per heavy atom. The molecule has 2 N–H and O–H groups in total. The average molecular weight is 353 g/mol. The summed E-state index contributed by atoms with van der Waals surface area (Å²) in [6.07, 6.45) is 0. The minimum Gasteiger partial charge on any atom is -0.457 e. The van der Waals surface area contributed by atoms with Crippen molar-refractivity contribution in [2.24, 2.45) is 0 Å². The molecule has 0 spiro atoms. The zero-order chi connectivity index (χ0) is 17.5. The van der Waals surface area contributed by atoms with Gasteiger partial charge in [0.1, 0.15) is 11.5 Å². The normalized spacial score (nSPS) is 11.9. The molecule has 128 valence electrons. The molecule has 3 aromatic carbocycles. The summed E-state index contributed by atoms with van der Waals surface area (Å²) in [6, 6.07) is 24.6. The molecule has 25 heavy (non-hydrogen) atoms. The Balaban J connectivity index is 1.73. The van der Waals surface area contributed by atoms with Gasteiger partial charge in [0.25, 0.3) is 0 Å². The Morgan fingerprint density at radius 1 is 0.840 bits per heavy atom. The van der Waals surface area contributed by atoms with Crippen molar-refractivity contribution in [2.45, 2.75) is 18.0 Å². The second-order valence-electron chi connectivity index (χ2n) is 5.52. The number of hydrogen-bond acceptors (Lipinski definition) is 3. The van der Waals surface area contributed by atoms with Crippen LogP contribution in [-0.4, -0.2) is 8.76 Å². The van der Waals surface area contributed by atoms with Gasteiger partial charge in [-0.3, -0.25) is 0 Å². The van der Waals surface area contributed by atoms with Crippen LogP contribution < -0.4 is 10.1 Å². The minimum absolute atomic E-state index is 0.390. The van der Waals surface area contributed by atoms with Gasteiger partial charge in [-0.15, -0.1) is 0 Å². The highest BCUT2D eigenvalue weighted by molar-refractivity contribution is 7.79. The molecular weight excluding hydrogens is 334 g/mol. The fourth-order valence-corrected chi connectivity index (χ4v) is 3.03. The van der Waals surface area contributed by atoms with Crippen LogP contribution in [-0.2, 0) is 24.2 Å². The Kier molecular flexibility index (Phi) is 5.95. The maximum atomic E-state index is 11.6. The predicted molar refractivity (Wildman–Crippen MR) is 99.0 cm³/mol. The van der Waals surface area contributed by atoms with E-state index in [9.17, 15) is 8.76 Å². The van der Waals surface area contributed by atoms with Crippen molar-refractivity contribution in [1.82, 2.24) is 5.32 Å². The average Bonchev–Trinajstić information content (AvgIpc) is 2.63. The van der Waals surface area contributed by atoms with Crippen LogP contribution >= 0.6 is 0 Å². The minimum atomic E-state index is -2.04. The Hall–Kier alpha value is -2.47. The van der Waals surface area contributed by atoms with Crippen LogP contribution in [0.1, 0.15) is 11.1 Å². The summed E-state index contributed by atoms with van der Waals surface area (Å²) in [5.41, 5.74) is 1.90.